The van der Waals surface area contributed by atoms with Crippen LogP contribution in [-0.2, 0) is 28.6 Å². The Morgan fingerprint density at radius 2 is 0.837 bits per heavy atom. The predicted molar refractivity (Wildman–Crippen MR) is 178 cm³/mol. The zero-order valence-electron chi connectivity index (χ0n) is 28.2. The van der Waals surface area contributed by atoms with Crippen LogP contribution < -0.4 is 0 Å². The van der Waals surface area contributed by atoms with E-state index in [4.69, 9.17) is 14.2 Å². The van der Waals surface area contributed by atoms with Gasteiger partial charge in [-0.3, -0.25) is 14.4 Å². The maximum absolute atomic E-state index is 12.4. The Balaban J connectivity index is 4.20. The molecule has 6 nitrogen and oxygen atoms in total. The van der Waals surface area contributed by atoms with E-state index in [0.717, 1.165) is 96.3 Å². The lowest BCUT2D eigenvalue weighted by molar-refractivity contribution is -0.167. The number of hydrogen-bond acceptors (Lipinski definition) is 6. The SMILES string of the molecule is CCCCCC=CCC=CCCCCCCCC(=O)OCC(COC(=O)CCCCCCC)OC(=O)CCCCCCC. The Morgan fingerprint density at radius 3 is 1.33 bits per heavy atom. The predicted octanol–water partition coefficient (Wildman–Crippen LogP) is 10.5. The summed E-state index contributed by atoms with van der Waals surface area (Å²) in [5.41, 5.74) is 0. The van der Waals surface area contributed by atoms with Gasteiger partial charge < -0.3 is 14.2 Å². The second kappa shape index (κ2) is 32.8. The van der Waals surface area contributed by atoms with Crippen LogP contribution in [-0.4, -0.2) is 37.2 Å². The van der Waals surface area contributed by atoms with E-state index in [1.807, 2.05) is 0 Å². The van der Waals surface area contributed by atoms with Crippen molar-refractivity contribution in [2.24, 2.45) is 0 Å². The molecule has 250 valence electrons. The number of ether oxygens (including phenoxy) is 3. The summed E-state index contributed by atoms with van der Waals surface area (Å²) in [6.07, 6.45) is 32.2. The molecule has 0 bridgehead atoms. The molecule has 0 heterocycles. The van der Waals surface area contributed by atoms with Gasteiger partial charge in [0.15, 0.2) is 6.10 Å². The first-order valence-corrected chi connectivity index (χ1v) is 17.8. The Kier molecular flexibility index (Phi) is 31.2. The van der Waals surface area contributed by atoms with Gasteiger partial charge in [0.25, 0.3) is 0 Å². The van der Waals surface area contributed by atoms with E-state index < -0.39 is 6.10 Å². The third-order valence-electron chi connectivity index (χ3n) is 7.46. The van der Waals surface area contributed by atoms with E-state index in [9.17, 15) is 14.4 Å². The fourth-order valence-electron chi connectivity index (χ4n) is 4.70. The zero-order chi connectivity index (χ0) is 31.6. The summed E-state index contributed by atoms with van der Waals surface area (Å²) in [5.74, 6) is -0.927. The molecule has 0 N–H and O–H groups in total. The standard InChI is InChI=1S/C37H66O6/c1-4-7-10-13-14-15-16-17-18-19-20-21-22-25-27-30-36(39)42-33-34(43-37(40)31-28-24-12-9-6-3)32-41-35(38)29-26-23-11-8-5-2/h14-15,17-18,34H,4-13,16,19-33H2,1-3H3. The highest BCUT2D eigenvalue weighted by Crippen LogP contribution is 2.11. The molecule has 0 aliphatic heterocycles. The number of rotatable bonds is 31. The Hall–Kier alpha value is -2.11. The van der Waals surface area contributed by atoms with Gasteiger partial charge in [0.1, 0.15) is 13.2 Å². The van der Waals surface area contributed by atoms with Crippen LogP contribution >= 0.6 is 0 Å². The summed E-state index contributed by atoms with van der Waals surface area (Å²) >= 11 is 0. The maximum atomic E-state index is 12.4. The summed E-state index contributed by atoms with van der Waals surface area (Å²) in [4.78, 5) is 36.9. The van der Waals surface area contributed by atoms with Crippen molar-refractivity contribution in [2.75, 3.05) is 13.2 Å². The van der Waals surface area contributed by atoms with Gasteiger partial charge in [0, 0.05) is 19.3 Å². The van der Waals surface area contributed by atoms with Crippen molar-refractivity contribution in [3.05, 3.63) is 24.3 Å². The van der Waals surface area contributed by atoms with E-state index >= 15 is 0 Å². The first-order chi connectivity index (χ1) is 21.0. The average molecular weight is 607 g/mol. The summed E-state index contributed by atoms with van der Waals surface area (Å²) in [6, 6.07) is 0. The third kappa shape index (κ3) is 31.1. The second-order valence-corrected chi connectivity index (χ2v) is 11.8. The van der Waals surface area contributed by atoms with Crippen LogP contribution in [0.3, 0.4) is 0 Å². The van der Waals surface area contributed by atoms with Crippen LogP contribution in [0.5, 0.6) is 0 Å². The van der Waals surface area contributed by atoms with E-state index in [2.05, 4.69) is 45.1 Å². The quantitative estimate of drug-likeness (QED) is 0.0338. The summed E-state index contributed by atoms with van der Waals surface area (Å²) in [5, 5.41) is 0. The van der Waals surface area contributed by atoms with Crippen molar-refractivity contribution < 1.29 is 28.6 Å². The molecule has 1 atom stereocenters. The number of carbonyl (C=O) groups excluding carboxylic acids is 3. The van der Waals surface area contributed by atoms with Gasteiger partial charge in [-0.15, -0.1) is 0 Å². The second-order valence-electron chi connectivity index (χ2n) is 11.8. The number of hydrogen-bond donors (Lipinski definition) is 0. The molecule has 1 unspecified atom stereocenters. The highest BCUT2D eigenvalue weighted by molar-refractivity contribution is 5.71. The van der Waals surface area contributed by atoms with Crippen LogP contribution in [0.15, 0.2) is 24.3 Å². The Bertz CT molecular complexity index is 714. The lowest BCUT2D eigenvalue weighted by Crippen LogP contribution is -2.30. The molecular weight excluding hydrogens is 540 g/mol. The zero-order valence-corrected chi connectivity index (χ0v) is 28.2. The van der Waals surface area contributed by atoms with Gasteiger partial charge in [-0.25, -0.2) is 0 Å². The minimum atomic E-state index is -0.763. The fraction of sp³-hybridized carbons (Fsp3) is 0.811. The molecule has 43 heavy (non-hydrogen) atoms. The van der Waals surface area contributed by atoms with Crippen molar-refractivity contribution in [2.45, 2.75) is 181 Å². The number of unbranched alkanes of at least 4 members (excludes halogenated alkanes) is 16. The summed E-state index contributed by atoms with van der Waals surface area (Å²) in [6.45, 7) is 6.39. The maximum Gasteiger partial charge on any atom is 0.306 e. The number of allylic oxidation sites excluding steroid dienone is 4. The molecule has 0 aromatic rings. The van der Waals surface area contributed by atoms with E-state index in [1.165, 1.54) is 38.5 Å². The third-order valence-corrected chi connectivity index (χ3v) is 7.46. The van der Waals surface area contributed by atoms with Crippen molar-refractivity contribution in [1.29, 1.82) is 0 Å². The van der Waals surface area contributed by atoms with E-state index in [-0.39, 0.29) is 31.1 Å². The molecule has 0 fully saturated rings. The molecule has 0 aliphatic rings. The average Bonchev–Trinajstić information content (AvgIpc) is 3.00. The topological polar surface area (TPSA) is 78.9 Å². The van der Waals surface area contributed by atoms with E-state index in [0.29, 0.717) is 19.3 Å². The van der Waals surface area contributed by atoms with Gasteiger partial charge >= 0.3 is 17.9 Å². The largest absolute Gasteiger partial charge is 0.462 e. The monoisotopic (exact) mass is 606 g/mol. The van der Waals surface area contributed by atoms with Crippen LogP contribution in [0.1, 0.15) is 175 Å². The molecule has 0 saturated heterocycles. The van der Waals surface area contributed by atoms with Crippen LogP contribution in [0.4, 0.5) is 0 Å². The first kappa shape index (κ1) is 40.9. The Labute approximate surface area is 264 Å². The van der Waals surface area contributed by atoms with Crippen LogP contribution in [0, 0.1) is 0 Å². The van der Waals surface area contributed by atoms with Crippen molar-refractivity contribution in [1.82, 2.24) is 0 Å². The molecule has 6 heteroatoms. The number of carbonyl (C=O) groups is 3. The summed E-state index contributed by atoms with van der Waals surface area (Å²) in [7, 11) is 0. The van der Waals surface area contributed by atoms with Crippen LogP contribution in [0.25, 0.3) is 0 Å². The highest BCUT2D eigenvalue weighted by atomic mass is 16.6. The lowest BCUT2D eigenvalue weighted by Gasteiger charge is -2.18. The molecule has 0 aromatic heterocycles. The van der Waals surface area contributed by atoms with Crippen molar-refractivity contribution >= 4 is 17.9 Å². The molecule has 0 aromatic carbocycles. The molecule has 0 radical (unpaired) electrons. The Morgan fingerprint density at radius 1 is 0.465 bits per heavy atom. The number of esters is 3. The molecule has 0 aliphatic carbocycles. The summed E-state index contributed by atoms with van der Waals surface area (Å²) < 4.78 is 16.3. The molecule has 0 rings (SSSR count). The van der Waals surface area contributed by atoms with Gasteiger partial charge in [-0.05, 0) is 51.4 Å². The minimum absolute atomic E-state index is 0.0770. The molecule has 0 saturated carbocycles. The first-order valence-electron chi connectivity index (χ1n) is 17.8. The highest BCUT2D eigenvalue weighted by Gasteiger charge is 2.19. The lowest BCUT2D eigenvalue weighted by atomic mass is 10.1. The van der Waals surface area contributed by atoms with Gasteiger partial charge in [0.05, 0.1) is 0 Å². The molecule has 0 amide bonds. The van der Waals surface area contributed by atoms with E-state index in [1.54, 1.807) is 0 Å². The smallest absolute Gasteiger partial charge is 0.306 e. The minimum Gasteiger partial charge on any atom is -0.462 e. The van der Waals surface area contributed by atoms with Gasteiger partial charge in [0.2, 0.25) is 0 Å². The molecule has 0 spiro atoms. The van der Waals surface area contributed by atoms with Gasteiger partial charge in [-0.2, -0.15) is 0 Å². The van der Waals surface area contributed by atoms with Crippen molar-refractivity contribution in [3.8, 4) is 0 Å². The van der Waals surface area contributed by atoms with Crippen molar-refractivity contribution in [3.63, 3.8) is 0 Å². The van der Waals surface area contributed by atoms with Crippen LogP contribution in [0.2, 0.25) is 0 Å². The fourth-order valence-corrected chi connectivity index (χ4v) is 4.70. The normalized spacial score (nSPS) is 12.2. The molecular formula is C37H66O6. The van der Waals surface area contributed by atoms with Gasteiger partial charge in [-0.1, -0.05) is 129 Å².